The molecule has 5 heteroatoms. The molecule has 0 spiro atoms. The van der Waals surface area contributed by atoms with Crippen molar-refractivity contribution < 1.29 is 20.1 Å². The van der Waals surface area contributed by atoms with Crippen molar-refractivity contribution in [3.8, 4) is 5.75 Å². The molecular weight excluding hydrogens is 354 g/mol. The van der Waals surface area contributed by atoms with Crippen LogP contribution >= 0.6 is 0 Å². The number of phenols is 1. The largest absolute Gasteiger partial charge is 0.508 e. The number of aromatic hydroxyl groups is 1. The zero-order chi connectivity index (χ0) is 20.1. The fourth-order valence-corrected chi connectivity index (χ4v) is 5.68. The maximum Gasteiger partial charge on any atom is 0.115 e. The van der Waals surface area contributed by atoms with Crippen LogP contribution < -0.4 is 0 Å². The van der Waals surface area contributed by atoms with Crippen LogP contribution in [0.25, 0.3) is 0 Å². The molecule has 0 aromatic heterocycles. The molecule has 28 heavy (non-hydrogen) atoms. The molecule has 0 unspecified atom stereocenters. The summed E-state index contributed by atoms with van der Waals surface area (Å²) in [5.74, 6) is 1.03. The Morgan fingerprint density at radius 1 is 1.07 bits per heavy atom. The van der Waals surface area contributed by atoms with Crippen molar-refractivity contribution in [3.63, 3.8) is 0 Å². The zero-order valence-electron chi connectivity index (χ0n) is 17.3. The van der Waals surface area contributed by atoms with Crippen LogP contribution in [-0.2, 0) is 11.3 Å². The van der Waals surface area contributed by atoms with Crippen LogP contribution in [0.5, 0.6) is 5.75 Å². The third kappa shape index (κ3) is 3.70. The normalized spacial score (nSPS) is 39.0. The van der Waals surface area contributed by atoms with Gasteiger partial charge in [0.1, 0.15) is 5.75 Å². The lowest BCUT2D eigenvalue weighted by Crippen LogP contribution is -2.65. The van der Waals surface area contributed by atoms with Gasteiger partial charge >= 0.3 is 0 Å². The highest BCUT2D eigenvalue weighted by atomic mass is 16.5. The van der Waals surface area contributed by atoms with Crippen molar-refractivity contribution in [3.05, 3.63) is 29.8 Å². The van der Waals surface area contributed by atoms with E-state index in [1.807, 2.05) is 12.1 Å². The van der Waals surface area contributed by atoms with Crippen molar-refractivity contribution in [2.24, 2.45) is 17.8 Å². The van der Waals surface area contributed by atoms with Crippen molar-refractivity contribution in [2.45, 2.75) is 76.4 Å². The minimum atomic E-state index is -1.07. The van der Waals surface area contributed by atoms with Gasteiger partial charge in [0, 0.05) is 12.5 Å². The van der Waals surface area contributed by atoms with Gasteiger partial charge in [-0.3, -0.25) is 4.90 Å². The van der Waals surface area contributed by atoms with Crippen LogP contribution in [0.3, 0.4) is 0 Å². The molecule has 5 nitrogen and oxygen atoms in total. The van der Waals surface area contributed by atoms with E-state index < -0.39 is 11.7 Å². The van der Waals surface area contributed by atoms with Gasteiger partial charge in [0.15, 0.2) is 0 Å². The van der Waals surface area contributed by atoms with Gasteiger partial charge in [-0.05, 0) is 89.1 Å². The first-order valence-electron chi connectivity index (χ1n) is 10.8. The van der Waals surface area contributed by atoms with Crippen molar-refractivity contribution in [1.82, 2.24) is 4.90 Å². The molecular formula is C23H35NO4. The number of benzene rings is 1. The Kier molecular flexibility index (Phi) is 5.24. The fourth-order valence-electron chi connectivity index (χ4n) is 5.68. The van der Waals surface area contributed by atoms with E-state index >= 15 is 0 Å². The second-order valence-electron chi connectivity index (χ2n) is 9.98. The van der Waals surface area contributed by atoms with Crippen LogP contribution in [0.2, 0.25) is 0 Å². The average Bonchev–Trinajstić information content (AvgIpc) is 2.64. The molecule has 1 aromatic carbocycles. The van der Waals surface area contributed by atoms with E-state index in [0.29, 0.717) is 24.0 Å². The molecule has 2 bridgehead atoms. The van der Waals surface area contributed by atoms with Gasteiger partial charge in [0.05, 0.1) is 23.4 Å². The summed E-state index contributed by atoms with van der Waals surface area (Å²) in [4.78, 5) is 2.45. The SMILES string of the molecule is CC1(C)O[C@@H](C2CCN(Cc3ccc(O)cc3)CC2)[C@H]2C[C@H]1C[C@H](O)[C@@]2(C)O. The lowest BCUT2D eigenvalue weighted by Gasteiger charge is -2.58. The van der Waals surface area contributed by atoms with E-state index in [-0.39, 0.29) is 17.6 Å². The van der Waals surface area contributed by atoms with E-state index in [4.69, 9.17) is 4.74 Å². The lowest BCUT2D eigenvalue weighted by atomic mass is 9.60. The Hall–Kier alpha value is -1.14. The van der Waals surface area contributed by atoms with E-state index in [2.05, 4.69) is 18.7 Å². The summed E-state index contributed by atoms with van der Waals surface area (Å²) in [5, 5.41) is 31.1. The molecule has 2 aliphatic heterocycles. The molecule has 1 aliphatic carbocycles. The predicted octanol–water partition coefficient (Wildman–Crippen LogP) is 2.92. The number of aliphatic hydroxyl groups excluding tert-OH is 1. The second kappa shape index (κ2) is 7.28. The topological polar surface area (TPSA) is 73.2 Å². The van der Waals surface area contributed by atoms with E-state index in [9.17, 15) is 15.3 Å². The fraction of sp³-hybridized carbons (Fsp3) is 0.739. The highest BCUT2D eigenvalue weighted by molar-refractivity contribution is 5.25. The minimum absolute atomic E-state index is 0.00271. The molecule has 156 valence electrons. The number of rotatable bonds is 3. The van der Waals surface area contributed by atoms with Gasteiger partial charge in [0.25, 0.3) is 0 Å². The summed E-state index contributed by atoms with van der Waals surface area (Å²) < 4.78 is 6.61. The zero-order valence-corrected chi connectivity index (χ0v) is 17.3. The minimum Gasteiger partial charge on any atom is -0.508 e. The van der Waals surface area contributed by atoms with Crippen LogP contribution in [0.1, 0.15) is 52.0 Å². The summed E-state index contributed by atoms with van der Waals surface area (Å²) in [6, 6.07) is 7.45. The number of phenolic OH excluding ortho intramolecular Hbond substituents is 1. The van der Waals surface area contributed by atoms with Crippen molar-refractivity contribution >= 4 is 0 Å². The second-order valence-corrected chi connectivity index (χ2v) is 9.98. The Morgan fingerprint density at radius 3 is 2.36 bits per heavy atom. The van der Waals surface area contributed by atoms with Gasteiger partial charge in [-0.15, -0.1) is 0 Å². The number of aliphatic hydroxyl groups is 2. The molecule has 3 N–H and O–H groups in total. The Morgan fingerprint density at radius 2 is 1.71 bits per heavy atom. The first-order chi connectivity index (χ1) is 13.2. The first kappa shape index (κ1) is 20.1. The molecule has 5 atom stereocenters. The smallest absolute Gasteiger partial charge is 0.115 e. The Bertz CT molecular complexity index is 678. The average molecular weight is 390 g/mol. The molecule has 2 saturated heterocycles. The van der Waals surface area contributed by atoms with Gasteiger partial charge in [-0.1, -0.05) is 12.1 Å². The van der Waals surface area contributed by atoms with Crippen molar-refractivity contribution in [1.29, 1.82) is 0 Å². The van der Waals surface area contributed by atoms with Gasteiger partial charge in [-0.2, -0.15) is 0 Å². The molecule has 4 rings (SSSR count). The number of hydrogen-bond donors (Lipinski definition) is 3. The Balaban J connectivity index is 1.42. The molecule has 0 amide bonds. The molecule has 1 saturated carbocycles. The lowest BCUT2D eigenvalue weighted by molar-refractivity contribution is -0.271. The van der Waals surface area contributed by atoms with Crippen LogP contribution in [0.4, 0.5) is 0 Å². The maximum absolute atomic E-state index is 11.0. The van der Waals surface area contributed by atoms with Crippen molar-refractivity contribution in [2.75, 3.05) is 13.1 Å². The van der Waals surface area contributed by atoms with E-state index in [1.54, 1.807) is 19.1 Å². The van der Waals surface area contributed by atoms with Gasteiger partial charge in [-0.25, -0.2) is 0 Å². The van der Waals surface area contributed by atoms with Crippen LogP contribution in [0.15, 0.2) is 24.3 Å². The number of piperidine rings is 1. The summed E-state index contributed by atoms with van der Waals surface area (Å²) in [7, 11) is 0. The number of hydrogen-bond acceptors (Lipinski definition) is 5. The standard InChI is InChI=1S/C23H35NO4/c1-22(2)17-12-19(23(3,27)20(26)13-17)21(28-22)16-8-10-24(11-9-16)14-15-4-6-18(25)7-5-15/h4-7,16-17,19-21,25-27H,8-14H2,1-3H3/t17-,19+,20-,21-,23-/m0/s1. The third-order valence-electron chi connectivity index (χ3n) is 7.73. The molecule has 3 fully saturated rings. The maximum atomic E-state index is 11.0. The number of nitrogens with zero attached hydrogens (tertiary/aromatic N) is 1. The first-order valence-corrected chi connectivity index (χ1v) is 10.8. The van der Waals surface area contributed by atoms with Crippen LogP contribution in [-0.4, -0.2) is 56.7 Å². The molecule has 0 radical (unpaired) electrons. The number of likely N-dealkylation sites (tertiary alicyclic amines) is 1. The highest BCUT2D eigenvalue weighted by Crippen LogP contribution is 2.52. The monoisotopic (exact) mass is 389 g/mol. The summed E-state index contributed by atoms with van der Waals surface area (Å²) in [5.41, 5.74) is -0.102. The summed E-state index contributed by atoms with van der Waals surface area (Å²) in [6.45, 7) is 9.00. The van der Waals surface area contributed by atoms with Gasteiger partial charge in [0.2, 0.25) is 0 Å². The highest BCUT2D eigenvalue weighted by Gasteiger charge is 2.57. The third-order valence-corrected chi connectivity index (χ3v) is 7.73. The summed E-state index contributed by atoms with van der Waals surface area (Å²) in [6.07, 6.45) is 2.99. The number of fused-ring (bicyclic) bond motifs is 2. The molecule has 3 aliphatic rings. The molecule has 1 aromatic rings. The Labute approximate surface area is 168 Å². The van der Waals surface area contributed by atoms with Gasteiger partial charge < -0.3 is 20.1 Å². The number of ether oxygens (including phenoxy) is 1. The quantitative estimate of drug-likeness (QED) is 0.741. The van der Waals surface area contributed by atoms with E-state index in [0.717, 1.165) is 38.9 Å². The van der Waals surface area contributed by atoms with E-state index in [1.165, 1.54) is 5.56 Å². The van der Waals surface area contributed by atoms with Crippen LogP contribution in [0, 0.1) is 17.8 Å². The summed E-state index contributed by atoms with van der Waals surface area (Å²) >= 11 is 0. The predicted molar refractivity (Wildman–Crippen MR) is 108 cm³/mol. The molecule has 2 heterocycles.